The Morgan fingerprint density at radius 2 is 1.33 bits per heavy atom. The van der Waals surface area contributed by atoms with Crippen LogP contribution in [0.4, 0.5) is 0 Å². The quantitative estimate of drug-likeness (QED) is 0.204. The van der Waals surface area contributed by atoms with Gasteiger partial charge in [0.1, 0.15) is 6.61 Å². The molecule has 0 unspecified atom stereocenters. The van der Waals surface area contributed by atoms with Crippen LogP contribution in [0.2, 0.25) is 0 Å². The molecular formula is C18H34O6. The minimum absolute atomic E-state index is 0.139. The van der Waals surface area contributed by atoms with Crippen molar-refractivity contribution in [2.45, 2.75) is 39.0 Å². The molecule has 24 heavy (non-hydrogen) atoms. The van der Waals surface area contributed by atoms with E-state index >= 15 is 0 Å². The zero-order valence-corrected chi connectivity index (χ0v) is 15.1. The molecule has 0 aromatic heterocycles. The van der Waals surface area contributed by atoms with Crippen molar-refractivity contribution in [3.05, 3.63) is 12.7 Å². The first-order valence-electron chi connectivity index (χ1n) is 8.88. The summed E-state index contributed by atoms with van der Waals surface area (Å²) < 4.78 is 26.2. The van der Waals surface area contributed by atoms with Crippen molar-refractivity contribution in [3.8, 4) is 0 Å². The molecule has 6 nitrogen and oxygen atoms in total. The molecule has 0 rings (SSSR count). The highest BCUT2D eigenvalue weighted by Gasteiger charge is 2.02. The van der Waals surface area contributed by atoms with Gasteiger partial charge < -0.3 is 23.7 Å². The summed E-state index contributed by atoms with van der Waals surface area (Å²) in [6.45, 7) is 10.1. The molecule has 0 amide bonds. The van der Waals surface area contributed by atoms with Gasteiger partial charge in [0, 0.05) is 6.42 Å². The zero-order valence-electron chi connectivity index (χ0n) is 15.1. The molecule has 0 heterocycles. The number of rotatable bonds is 19. The van der Waals surface area contributed by atoms with E-state index < -0.39 is 0 Å². The molecular weight excluding hydrogens is 312 g/mol. The Morgan fingerprint density at radius 3 is 1.88 bits per heavy atom. The van der Waals surface area contributed by atoms with Crippen LogP contribution >= 0.6 is 0 Å². The van der Waals surface area contributed by atoms with Gasteiger partial charge in [-0.15, -0.1) is 6.58 Å². The number of ether oxygens (including phenoxy) is 5. The summed E-state index contributed by atoms with van der Waals surface area (Å²) in [6.07, 6.45) is 6.54. The molecule has 0 aromatic rings. The number of esters is 1. The van der Waals surface area contributed by atoms with Crippen LogP contribution in [0, 0.1) is 0 Å². The molecule has 0 saturated heterocycles. The minimum Gasteiger partial charge on any atom is -0.463 e. The lowest BCUT2D eigenvalue weighted by molar-refractivity contribution is -0.145. The lowest BCUT2D eigenvalue weighted by Crippen LogP contribution is -2.14. The Hall–Kier alpha value is -0.950. The number of carbonyl (C=O) groups is 1. The van der Waals surface area contributed by atoms with E-state index in [1.54, 1.807) is 6.08 Å². The third-order valence-electron chi connectivity index (χ3n) is 3.08. The van der Waals surface area contributed by atoms with E-state index in [2.05, 4.69) is 13.5 Å². The van der Waals surface area contributed by atoms with Crippen molar-refractivity contribution >= 4 is 5.97 Å². The third-order valence-corrected chi connectivity index (χ3v) is 3.08. The van der Waals surface area contributed by atoms with Gasteiger partial charge in [-0.1, -0.05) is 32.3 Å². The molecule has 0 aliphatic heterocycles. The van der Waals surface area contributed by atoms with Gasteiger partial charge in [-0.25, -0.2) is 0 Å². The number of unbranched alkanes of at least 4 members (excludes halogenated alkanes) is 3. The second kappa shape index (κ2) is 20.1. The second-order valence-electron chi connectivity index (χ2n) is 5.23. The zero-order chi connectivity index (χ0) is 17.7. The largest absolute Gasteiger partial charge is 0.463 e. The Balaban J connectivity index is 3.09. The Labute approximate surface area is 146 Å². The molecule has 0 spiro atoms. The van der Waals surface area contributed by atoms with E-state index in [4.69, 9.17) is 23.7 Å². The molecule has 142 valence electrons. The molecule has 0 atom stereocenters. The molecule has 0 aromatic carbocycles. The summed E-state index contributed by atoms with van der Waals surface area (Å²) in [6, 6.07) is 0. The summed E-state index contributed by atoms with van der Waals surface area (Å²) in [5.74, 6) is -0.139. The van der Waals surface area contributed by atoms with Crippen molar-refractivity contribution in [2.24, 2.45) is 0 Å². The van der Waals surface area contributed by atoms with Crippen LogP contribution < -0.4 is 0 Å². The summed E-state index contributed by atoms with van der Waals surface area (Å²) >= 11 is 0. The fraction of sp³-hybridized carbons (Fsp3) is 0.833. The summed E-state index contributed by atoms with van der Waals surface area (Å²) in [5.41, 5.74) is 0. The number of hydrogen-bond donors (Lipinski definition) is 0. The van der Waals surface area contributed by atoms with Crippen LogP contribution in [-0.4, -0.2) is 65.4 Å². The van der Waals surface area contributed by atoms with Crippen molar-refractivity contribution in [1.29, 1.82) is 0 Å². The summed E-state index contributed by atoms with van der Waals surface area (Å²) in [4.78, 5) is 11.4. The lowest BCUT2D eigenvalue weighted by Gasteiger charge is -2.07. The minimum atomic E-state index is -0.139. The molecule has 0 fully saturated rings. The highest BCUT2D eigenvalue weighted by Crippen LogP contribution is 2.03. The predicted molar refractivity (Wildman–Crippen MR) is 93.2 cm³/mol. The Bertz CT molecular complexity index is 283. The predicted octanol–water partition coefficient (Wildman–Crippen LogP) is 2.75. The van der Waals surface area contributed by atoms with Crippen LogP contribution in [0.5, 0.6) is 0 Å². The maximum absolute atomic E-state index is 11.4. The van der Waals surface area contributed by atoms with Gasteiger partial charge in [-0.3, -0.25) is 4.79 Å². The van der Waals surface area contributed by atoms with E-state index in [1.165, 1.54) is 12.8 Å². The van der Waals surface area contributed by atoms with Crippen molar-refractivity contribution in [3.63, 3.8) is 0 Å². The van der Waals surface area contributed by atoms with Crippen LogP contribution in [0.1, 0.15) is 39.0 Å². The van der Waals surface area contributed by atoms with Gasteiger partial charge in [0.05, 0.1) is 52.9 Å². The van der Waals surface area contributed by atoms with Crippen LogP contribution in [0.3, 0.4) is 0 Å². The first-order chi connectivity index (χ1) is 11.8. The van der Waals surface area contributed by atoms with Crippen molar-refractivity contribution in [2.75, 3.05) is 59.5 Å². The van der Waals surface area contributed by atoms with Gasteiger partial charge in [0.2, 0.25) is 0 Å². The van der Waals surface area contributed by atoms with Crippen LogP contribution in [-0.2, 0) is 28.5 Å². The van der Waals surface area contributed by atoms with Gasteiger partial charge in [0.15, 0.2) is 0 Å². The maximum Gasteiger partial charge on any atom is 0.305 e. The van der Waals surface area contributed by atoms with Gasteiger partial charge in [-0.2, -0.15) is 0 Å². The smallest absolute Gasteiger partial charge is 0.305 e. The van der Waals surface area contributed by atoms with E-state index in [9.17, 15) is 4.79 Å². The first kappa shape index (κ1) is 23.1. The van der Waals surface area contributed by atoms with E-state index in [0.717, 1.165) is 12.8 Å². The van der Waals surface area contributed by atoms with Gasteiger partial charge in [-0.05, 0) is 6.42 Å². The second-order valence-corrected chi connectivity index (χ2v) is 5.23. The monoisotopic (exact) mass is 346 g/mol. The molecule has 0 bridgehead atoms. The highest BCUT2D eigenvalue weighted by atomic mass is 16.6. The van der Waals surface area contributed by atoms with E-state index in [0.29, 0.717) is 65.9 Å². The van der Waals surface area contributed by atoms with Gasteiger partial charge in [0.25, 0.3) is 0 Å². The van der Waals surface area contributed by atoms with Gasteiger partial charge >= 0.3 is 5.97 Å². The topological polar surface area (TPSA) is 63.2 Å². The standard InChI is InChI=1S/C18H34O6/c1-3-5-6-7-8-18(19)24-17-16-23-15-14-22-13-12-21-11-10-20-9-4-2/h4H,2-3,5-17H2,1H3. The number of hydrogen-bond acceptors (Lipinski definition) is 6. The maximum atomic E-state index is 11.4. The molecule has 0 N–H and O–H groups in total. The first-order valence-corrected chi connectivity index (χ1v) is 8.88. The van der Waals surface area contributed by atoms with Crippen LogP contribution in [0.25, 0.3) is 0 Å². The fourth-order valence-corrected chi connectivity index (χ4v) is 1.81. The van der Waals surface area contributed by atoms with Crippen LogP contribution in [0.15, 0.2) is 12.7 Å². The SMILES string of the molecule is C=CCOCCOCCOCCOCCOC(=O)CCCCCC. The molecule has 0 aliphatic carbocycles. The average Bonchev–Trinajstić information content (AvgIpc) is 2.59. The Morgan fingerprint density at radius 1 is 0.792 bits per heavy atom. The van der Waals surface area contributed by atoms with Crippen molar-refractivity contribution < 1.29 is 28.5 Å². The van der Waals surface area contributed by atoms with E-state index in [-0.39, 0.29) is 5.97 Å². The number of carbonyl (C=O) groups excluding carboxylic acids is 1. The molecule has 0 radical (unpaired) electrons. The highest BCUT2D eigenvalue weighted by molar-refractivity contribution is 5.69. The lowest BCUT2D eigenvalue weighted by atomic mass is 10.2. The normalized spacial score (nSPS) is 10.7. The molecule has 0 saturated carbocycles. The average molecular weight is 346 g/mol. The third kappa shape index (κ3) is 19.1. The molecule has 0 aliphatic rings. The molecule has 6 heteroatoms. The van der Waals surface area contributed by atoms with E-state index in [1.807, 2.05) is 0 Å². The summed E-state index contributed by atoms with van der Waals surface area (Å²) in [7, 11) is 0. The summed E-state index contributed by atoms with van der Waals surface area (Å²) in [5, 5.41) is 0. The van der Waals surface area contributed by atoms with Crippen molar-refractivity contribution in [1.82, 2.24) is 0 Å². The fourth-order valence-electron chi connectivity index (χ4n) is 1.81. The Kier molecular flexibility index (Phi) is 19.3.